The lowest BCUT2D eigenvalue weighted by atomic mass is 10.1. The average molecular weight is 383 g/mol. The van der Waals surface area contributed by atoms with E-state index in [1.165, 1.54) is 12.8 Å². The van der Waals surface area contributed by atoms with Crippen molar-refractivity contribution in [2.45, 2.75) is 38.8 Å². The molecular formula is C23H29NO4. The highest BCUT2D eigenvalue weighted by atomic mass is 16.5. The highest BCUT2D eigenvalue weighted by molar-refractivity contribution is 5.79. The van der Waals surface area contributed by atoms with Crippen molar-refractivity contribution in [3.8, 4) is 17.2 Å². The third-order valence-electron chi connectivity index (χ3n) is 5.43. The van der Waals surface area contributed by atoms with Gasteiger partial charge in [0.15, 0.2) is 11.5 Å². The predicted octanol–water partition coefficient (Wildman–Crippen LogP) is 4.08. The zero-order valence-electron chi connectivity index (χ0n) is 17.1. The van der Waals surface area contributed by atoms with E-state index in [9.17, 15) is 4.79 Å². The second-order valence-electron chi connectivity index (χ2n) is 7.31. The molecule has 150 valence electrons. The number of carbonyl (C=O) groups excluding carboxylic acids is 1. The summed E-state index contributed by atoms with van der Waals surface area (Å²) in [6, 6.07) is 13.8. The Bertz CT molecular complexity index is 799. The van der Waals surface area contributed by atoms with Gasteiger partial charge in [-0.25, -0.2) is 0 Å². The molecule has 1 saturated carbocycles. The predicted molar refractivity (Wildman–Crippen MR) is 109 cm³/mol. The Labute approximate surface area is 167 Å². The number of rotatable bonds is 9. The van der Waals surface area contributed by atoms with Crippen LogP contribution < -0.4 is 14.2 Å². The summed E-state index contributed by atoms with van der Waals surface area (Å²) in [6.45, 7) is 2.77. The van der Waals surface area contributed by atoms with Crippen molar-refractivity contribution >= 4 is 5.91 Å². The highest BCUT2D eigenvalue weighted by Gasteiger charge is 2.34. The number of methoxy groups -OCH3 is 3. The van der Waals surface area contributed by atoms with Crippen molar-refractivity contribution < 1.29 is 19.0 Å². The third-order valence-corrected chi connectivity index (χ3v) is 5.43. The molecule has 1 aliphatic carbocycles. The monoisotopic (exact) mass is 383 g/mol. The summed E-state index contributed by atoms with van der Waals surface area (Å²) in [6.07, 6.45) is 2.74. The van der Waals surface area contributed by atoms with Crippen molar-refractivity contribution in [3.63, 3.8) is 0 Å². The van der Waals surface area contributed by atoms with Gasteiger partial charge in [-0.3, -0.25) is 4.79 Å². The summed E-state index contributed by atoms with van der Waals surface area (Å²) < 4.78 is 15.9. The van der Waals surface area contributed by atoms with Gasteiger partial charge >= 0.3 is 0 Å². The van der Waals surface area contributed by atoms with Gasteiger partial charge in [0.1, 0.15) is 5.75 Å². The molecule has 0 aliphatic heterocycles. The second-order valence-corrected chi connectivity index (χ2v) is 7.31. The molecule has 1 unspecified atom stereocenters. The van der Waals surface area contributed by atoms with Crippen LogP contribution in [0.15, 0.2) is 42.5 Å². The first kappa shape index (κ1) is 20.1. The Hall–Kier alpha value is -2.69. The first-order valence-corrected chi connectivity index (χ1v) is 9.69. The average Bonchev–Trinajstić information content (AvgIpc) is 3.57. The molecule has 1 atom stereocenters. The minimum atomic E-state index is 0.127. The minimum Gasteiger partial charge on any atom is -0.497 e. The van der Waals surface area contributed by atoms with Gasteiger partial charge in [0.25, 0.3) is 0 Å². The molecule has 2 aromatic carbocycles. The smallest absolute Gasteiger partial charge is 0.227 e. The van der Waals surface area contributed by atoms with E-state index in [-0.39, 0.29) is 11.9 Å². The Morgan fingerprint density at radius 3 is 2.18 bits per heavy atom. The van der Waals surface area contributed by atoms with Crippen LogP contribution >= 0.6 is 0 Å². The van der Waals surface area contributed by atoms with Crippen LogP contribution in [0.4, 0.5) is 0 Å². The SMILES string of the molecule is COc1ccc(CN(C(=O)Cc2ccc(OC)c(OC)c2)C(C)C2CC2)cc1. The van der Waals surface area contributed by atoms with E-state index in [0.29, 0.717) is 30.4 Å². The Morgan fingerprint density at radius 1 is 0.964 bits per heavy atom. The summed E-state index contributed by atoms with van der Waals surface area (Å²) in [7, 11) is 4.87. The van der Waals surface area contributed by atoms with E-state index >= 15 is 0 Å². The molecule has 28 heavy (non-hydrogen) atoms. The van der Waals surface area contributed by atoms with Crippen molar-refractivity contribution in [1.29, 1.82) is 0 Å². The molecule has 2 aromatic rings. The van der Waals surface area contributed by atoms with Crippen LogP contribution in [0, 0.1) is 5.92 Å². The molecule has 0 aromatic heterocycles. The molecule has 1 fully saturated rings. The molecule has 5 heteroatoms. The van der Waals surface area contributed by atoms with Crippen LogP contribution in [0.3, 0.4) is 0 Å². The molecule has 3 rings (SSSR count). The van der Waals surface area contributed by atoms with E-state index in [4.69, 9.17) is 14.2 Å². The summed E-state index contributed by atoms with van der Waals surface area (Å²) in [5.74, 6) is 2.86. The molecule has 0 radical (unpaired) electrons. The number of nitrogens with zero attached hydrogens (tertiary/aromatic N) is 1. The fraction of sp³-hybridized carbons (Fsp3) is 0.435. The highest BCUT2D eigenvalue weighted by Crippen LogP contribution is 2.36. The molecule has 0 bridgehead atoms. The van der Waals surface area contributed by atoms with Gasteiger partial charge in [0.2, 0.25) is 5.91 Å². The van der Waals surface area contributed by atoms with Gasteiger partial charge in [-0.1, -0.05) is 18.2 Å². The van der Waals surface area contributed by atoms with Gasteiger partial charge in [-0.2, -0.15) is 0 Å². The maximum Gasteiger partial charge on any atom is 0.227 e. The van der Waals surface area contributed by atoms with Crippen LogP contribution in [0.25, 0.3) is 0 Å². The topological polar surface area (TPSA) is 48.0 Å². The summed E-state index contributed by atoms with van der Waals surface area (Å²) in [5.41, 5.74) is 2.03. The Kier molecular flexibility index (Phi) is 6.45. The third kappa shape index (κ3) is 4.77. The van der Waals surface area contributed by atoms with Gasteiger partial charge in [-0.15, -0.1) is 0 Å². The lowest BCUT2D eigenvalue weighted by molar-refractivity contribution is -0.133. The first-order chi connectivity index (χ1) is 13.5. The van der Waals surface area contributed by atoms with E-state index in [1.807, 2.05) is 47.4 Å². The molecule has 0 spiro atoms. The largest absolute Gasteiger partial charge is 0.497 e. The van der Waals surface area contributed by atoms with E-state index in [0.717, 1.165) is 16.9 Å². The molecule has 0 saturated heterocycles. The molecule has 1 amide bonds. The van der Waals surface area contributed by atoms with Crippen LogP contribution in [0.2, 0.25) is 0 Å². The second kappa shape index (κ2) is 9.00. The van der Waals surface area contributed by atoms with Crippen LogP contribution in [-0.4, -0.2) is 38.2 Å². The summed E-state index contributed by atoms with van der Waals surface area (Å²) in [5, 5.41) is 0. The Balaban J connectivity index is 1.76. The van der Waals surface area contributed by atoms with Crippen LogP contribution in [0.1, 0.15) is 30.9 Å². The van der Waals surface area contributed by atoms with Crippen LogP contribution in [0.5, 0.6) is 17.2 Å². The molecular weight excluding hydrogens is 354 g/mol. The summed E-state index contributed by atoms with van der Waals surface area (Å²) in [4.78, 5) is 15.2. The standard InChI is InChI=1S/C23H29NO4/c1-16(19-8-9-19)24(15-17-5-10-20(26-2)11-6-17)23(25)14-18-7-12-21(27-3)22(13-18)28-4/h5-7,10-13,16,19H,8-9,14-15H2,1-4H3. The van der Waals surface area contributed by atoms with Gasteiger partial charge < -0.3 is 19.1 Å². The molecule has 1 aliphatic rings. The van der Waals surface area contributed by atoms with Crippen molar-refractivity contribution in [3.05, 3.63) is 53.6 Å². The zero-order chi connectivity index (χ0) is 20.1. The summed E-state index contributed by atoms with van der Waals surface area (Å²) >= 11 is 0. The van der Waals surface area contributed by atoms with Gasteiger partial charge in [0.05, 0.1) is 27.8 Å². The van der Waals surface area contributed by atoms with Crippen molar-refractivity contribution in [2.75, 3.05) is 21.3 Å². The zero-order valence-corrected chi connectivity index (χ0v) is 17.1. The van der Waals surface area contributed by atoms with Gasteiger partial charge in [0, 0.05) is 12.6 Å². The lowest BCUT2D eigenvalue weighted by Crippen LogP contribution is -2.40. The number of carbonyl (C=O) groups is 1. The minimum absolute atomic E-state index is 0.127. The molecule has 0 heterocycles. The lowest BCUT2D eigenvalue weighted by Gasteiger charge is -2.30. The van der Waals surface area contributed by atoms with Crippen LogP contribution in [-0.2, 0) is 17.8 Å². The fourth-order valence-electron chi connectivity index (χ4n) is 3.49. The van der Waals surface area contributed by atoms with Gasteiger partial charge in [-0.05, 0) is 61.1 Å². The quantitative estimate of drug-likeness (QED) is 0.655. The molecule has 5 nitrogen and oxygen atoms in total. The van der Waals surface area contributed by atoms with Crippen molar-refractivity contribution in [2.24, 2.45) is 5.92 Å². The van der Waals surface area contributed by atoms with Crippen molar-refractivity contribution in [1.82, 2.24) is 4.90 Å². The molecule has 0 N–H and O–H groups in total. The van der Waals surface area contributed by atoms with E-state index < -0.39 is 0 Å². The van der Waals surface area contributed by atoms with E-state index in [1.54, 1.807) is 21.3 Å². The van der Waals surface area contributed by atoms with E-state index in [2.05, 4.69) is 6.92 Å². The normalized spacial score (nSPS) is 14.3. The number of hydrogen-bond acceptors (Lipinski definition) is 4. The maximum absolute atomic E-state index is 13.2. The fourth-order valence-corrected chi connectivity index (χ4v) is 3.49. The number of benzene rings is 2. The number of hydrogen-bond donors (Lipinski definition) is 0. The maximum atomic E-state index is 13.2. The number of ether oxygens (including phenoxy) is 3. The number of amides is 1. The first-order valence-electron chi connectivity index (χ1n) is 9.69. The Morgan fingerprint density at radius 2 is 1.61 bits per heavy atom.